The van der Waals surface area contributed by atoms with Gasteiger partial charge in [-0.05, 0) is 50.1 Å². The predicted octanol–water partition coefficient (Wildman–Crippen LogP) is 4.66. The lowest BCUT2D eigenvalue weighted by molar-refractivity contribution is -0.145. The second-order valence-electron chi connectivity index (χ2n) is 11.6. The lowest BCUT2D eigenvalue weighted by Gasteiger charge is -2.39. The molecule has 44 heavy (non-hydrogen) atoms. The van der Waals surface area contributed by atoms with Crippen molar-refractivity contribution in [3.05, 3.63) is 85.5 Å². The van der Waals surface area contributed by atoms with E-state index in [4.69, 9.17) is 4.74 Å². The van der Waals surface area contributed by atoms with Gasteiger partial charge in [0.05, 0.1) is 35.8 Å². The van der Waals surface area contributed by atoms with Crippen molar-refractivity contribution in [2.45, 2.75) is 53.7 Å². The zero-order chi connectivity index (χ0) is 31.6. The molecule has 3 fully saturated rings. The number of likely N-dealkylation sites (tertiary alicyclic amines) is 1. The number of amides is 3. The van der Waals surface area contributed by atoms with Crippen LogP contribution in [-0.2, 0) is 20.9 Å². The van der Waals surface area contributed by atoms with E-state index in [0.29, 0.717) is 37.6 Å². The van der Waals surface area contributed by atoms with Gasteiger partial charge in [-0.1, -0.05) is 58.4 Å². The third-order valence-electron chi connectivity index (χ3n) is 8.90. The third-order valence-corrected chi connectivity index (χ3v) is 12.1. The molecule has 0 saturated carbocycles. The van der Waals surface area contributed by atoms with Crippen LogP contribution < -0.4 is 9.64 Å². The highest BCUT2D eigenvalue weighted by molar-refractivity contribution is 9.09. The Hall–Kier alpha value is -3.08. The van der Waals surface area contributed by atoms with Gasteiger partial charge in [-0.3, -0.25) is 14.4 Å². The molecular formula is C34H40BrN3O5S. The number of hydrogen-bond donors (Lipinski definition) is 1. The molecule has 0 radical (unpaired) electrons. The number of carbonyl (C=O) groups is 3. The largest absolute Gasteiger partial charge is 0.494 e. The van der Waals surface area contributed by atoms with E-state index in [0.717, 1.165) is 5.56 Å². The van der Waals surface area contributed by atoms with Gasteiger partial charge in [0.15, 0.2) is 0 Å². The van der Waals surface area contributed by atoms with Crippen LogP contribution in [0.4, 0.5) is 5.69 Å². The van der Waals surface area contributed by atoms with Gasteiger partial charge in [0.2, 0.25) is 17.7 Å². The van der Waals surface area contributed by atoms with Crippen molar-refractivity contribution in [1.29, 1.82) is 0 Å². The maximum absolute atomic E-state index is 14.6. The fraction of sp³-hybridized carbons (Fsp3) is 0.441. The van der Waals surface area contributed by atoms with Crippen molar-refractivity contribution in [2.24, 2.45) is 11.8 Å². The number of alkyl halides is 1. The molecule has 2 aromatic carbocycles. The summed E-state index contributed by atoms with van der Waals surface area (Å²) in [7, 11) is 0. The highest BCUT2D eigenvalue weighted by Gasteiger charge is 2.76. The van der Waals surface area contributed by atoms with E-state index in [1.54, 1.807) is 45.5 Å². The quantitative estimate of drug-likeness (QED) is 0.244. The second-order valence-corrected chi connectivity index (χ2v) is 14.3. The number of carbonyl (C=O) groups excluding carboxylic acids is 3. The Morgan fingerprint density at radius 3 is 2.43 bits per heavy atom. The van der Waals surface area contributed by atoms with Crippen LogP contribution in [0.5, 0.6) is 5.75 Å². The van der Waals surface area contributed by atoms with E-state index in [-0.39, 0.29) is 41.0 Å². The first-order chi connectivity index (χ1) is 21.2. The molecule has 3 aliphatic heterocycles. The summed E-state index contributed by atoms with van der Waals surface area (Å²) >= 11 is 5.44. The van der Waals surface area contributed by atoms with E-state index in [2.05, 4.69) is 29.1 Å². The molecule has 0 aromatic heterocycles. The molecule has 3 unspecified atom stereocenters. The van der Waals surface area contributed by atoms with Crippen LogP contribution in [0.2, 0.25) is 0 Å². The van der Waals surface area contributed by atoms with Crippen LogP contribution in [0.1, 0.15) is 25.8 Å². The summed E-state index contributed by atoms with van der Waals surface area (Å²) in [5, 5.41) is 10.1. The van der Waals surface area contributed by atoms with E-state index >= 15 is 0 Å². The van der Waals surface area contributed by atoms with Gasteiger partial charge in [-0.2, -0.15) is 0 Å². The molecule has 3 saturated heterocycles. The van der Waals surface area contributed by atoms with Crippen molar-refractivity contribution in [1.82, 2.24) is 9.80 Å². The molecule has 3 amide bonds. The lowest BCUT2D eigenvalue weighted by Crippen LogP contribution is -2.57. The highest BCUT2D eigenvalue weighted by atomic mass is 79.9. The van der Waals surface area contributed by atoms with E-state index in [1.807, 2.05) is 61.5 Å². The number of nitrogens with zero attached hydrogens (tertiary/aromatic N) is 3. The first kappa shape index (κ1) is 32.3. The molecule has 234 valence electrons. The molecule has 7 atom stereocenters. The smallest absolute Gasteiger partial charge is 0.247 e. The van der Waals surface area contributed by atoms with Crippen molar-refractivity contribution in [3.8, 4) is 5.75 Å². The second kappa shape index (κ2) is 13.5. The van der Waals surface area contributed by atoms with Crippen LogP contribution in [0.25, 0.3) is 0 Å². The maximum Gasteiger partial charge on any atom is 0.247 e. The molecule has 3 heterocycles. The minimum Gasteiger partial charge on any atom is -0.494 e. The summed E-state index contributed by atoms with van der Waals surface area (Å²) < 4.78 is 4.76. The van der Waals surface area contributed by atoms with E-state index in [1.165, 1.54) is 0 Å². The molecule has 1 spiro atoms. The van der Waals surface area contributed by atoms with Gasteiger partial charge in [-0.25, -0.2) is 0 Å². The number of halogens is 1. The maximum atomic E-state index is 14.6. The van der Waals surface area contributed by atoms with Crippen molar-refractivity contribution in [3.63, 3.8) is 0 Å². The van der Waals surface area contributed by atoms with Crippen molar-refractivity contribution in [2.75, 3.05) is 31.2 Å². The summed E-state index contributed by atoms with van der Waals surface area (Å²) in [6.45, 7) is 12.6. The fourth-order valence-electron chi connectivity index (χ4n) is 7.08. The normalized spacial score (nSPS) is 27.5. The topological polar surface area (TPSA) is 90.4 Å². The van der Waals surface area contributed by atoms with Crippen LogP contribution in [0.3, 0.4) is 0 Å². The predicted molar refractivity (Wildman–Crippen MR) is 178 cm³/mol. The number of thioether (sulfide) groups is 1. The third kappa shape index (κ3) is 5.61. The van der Waals surface area contributed by atoms with E-state index < -0.39 is 28.7 Å². The Kier molecular flexibility index (Phi) is 9.92. The molecule has 0 aliphatic carbocycles. The van der Waals surface area contributed by atoms with Gasteiger partial charge in [0.25, 0.3) is 0 Å². The van der Waals surface area contributed by atoms with Crippen LogP contribution >= 0.6 is 27.7 Å². The molecule has 8 nitrogen and oxygen atoms in total. The molecule has 1 N–H and O–H groups in total. The minimum absolute atomic E-state index is 0.0712. The average Bonchev–Trinajstić information content (AvgIpc) is 3.63. The van der Waals surface area contributed by atoms with Gasteiger partial charge in [0.1, 0.15) is 11.8 Å². The number of ether oxygens (including phenoxy) is 1. The minimum atomic E-state index is -0.836. The van der Waals surface area contributed by atoms with E-state index in [9.17, 15) is 19.5 Å². The average molecular weight is 683 g/mol. The summed E-state index contributed by atoms with van der Waals surface area (Å²) in [6.07, 6.45) is 3.93. The first-order valence-electron chi connectivity index (χ1n) is 15.1. The number of benzene rings is 2. The fourth-order valence-corrected chi connectivity index (χ4v) is 10.7. The molecule has 10 heteroatoms. The van der Waals surface area contributed by atoms with Crippen LogP contribution in [0, 0.1) is 11.8 Å². The molecule has 2 bridgehead atoms. The molecule has 2 aromatic rings. The molecular weight excluding hydrogens is 642 g/mol. The SMILES string of the molecule is C=CCN(Cc1ccccc1)C(=O)C1N([C@H](C)CO)C(=O)[C@@H]2[C@H](C(=O)N(CC=C)c3ccc(OCC)cc3)[C@H]3SC12CC3Br. The van der Waals surface area contributed by atoms with Crippen LogP contribution in [-0.4, -0.2) is 85.8 Å². The zero-order valence-electron chi connectivity index (χ0n) is 25.2. The summed E-state index contributed by atoms with van der Waals surface area (Å²) in [5.41, 5.74) is 1.65. The Balaban J connectivity index is 1.54. The number of fused-ring (bicyclic) bond motifs is 1. The lowest BCUT2D eigenvalue weighted by atomic mass is 9.70. The summed E-state index contributed by atoms with van der Waals surface area (Å²) in [5.74, 6) is -1.28. The monoisotopic (exact) mass is 681 g/mol. The number of rotatable bonds is 13. The van der Waals surface area contributed by atoms with Gasteiger partial charge < -0.3 is 24.5 Å². The zero-order valence-corrected chi connectivity index (χ0v) is 27.6. The Morgan fingerprint density at radius 2 is 1.82 bits per heavy atom. The number of hydrogen-bond acceptors (Lipinski definition) is 6. The Bertz CT molecular complexity index is 1390. The first-order valence-corrected chi connectivity index (χ1v) is 16.9. The van der Waals surface area contributed by atoms with Gasteiger partial charge in [-0.15, -0.1) is 24.9 Å². The number of aliphatic hydroxyl groups is 1. The number of anilines is 1. The molecule has 5 rings (SSSR count). The standard InChI is InChI=1S/C34H40BrN3O5S/c1-5-17-36(20-23-11-9-8-10-12-23)33(42)30-34-19-26(35)29(44-34)27(28(34)32(41)38(30)22(4)21-39)31(40)37(18-6-2)24-13-15-25(16-14-24)43-7-3/h5-6,8-16,22,26-30,39H,1-2,7,17-21H2,3-4H3/t22-,26?,27+,28+,29+,30?,34?/m1/s1. The van der Waals surface area contributed by atoms with Gasteiger partial charge in [0, 0.05) is 35.4 Å². The molecule has 3 aliphatic rings. The van der Waals surface area contributed by atoms with Gasteiger partial charge >= 0.3 is 0 Å². The highest BCUT2D eigenvalue weighted by Crippen LogP contribution is 2.68. The Morgan fingerprint density at radius 1 is 1.14 bits per heavy atom. The van der Waals surface area contributed by atoms with Crippen molar-refractivity contribution >= 4 is 51.1 Å². The Labute approximate surface area is 272 Å². The van der Waals surface area contributed by atoms with Crippen molar-refractivity contribution < 1.29 is 24.2 Å². The number of aliphatic hydroxyl groups excluding tert-OH is 1. The summed E-state index contributed by atoms with van der Waals surface area (Å²) in [6, 6.07) is 15.6. The summed E-state index contributed by atoms with van der Waals surface area (Å²) in [4.78, 5) is 48.5. The van der Waals surface area contributed by atoms with Crippen LogP contribution in [0.15, 0.2) is 79.9 Å².